The van der Waals surface area contributed by atoms with Crippen LogP contribution in [0.4, 0.5) is 4.39 Å². The van der Waals surface area contributed by atoms with Crippen LogP contribution < -0.4 is 0 Å². The van der Waals surface area contributed by atoms with Crippen molar-refractivity contribution >= 4 is 11.8 Å². The molecule has 1 amide bonds. The monoisotopic (exact) mass is 352 g/mol. The molecule has 2 fully saturated rings. The molecular weight excluding hydrogens is 319 g/mol. The Kier molecular flexibility index (Phi) is 5.13. The van der Waals surface area contributed by atoms with Gasteiger partial charge in [0.1, 0.15) is 6.17 Å². The summed E-state index contributed by atoms with van der Waals surface area (Å²) in [6.45, 7) is 7.74. The summed E-state index contributed by atoms with van der Waals surface area (Å²) in [7, 11) is 0. The second-order valence-electron chi connectivity index (χ2n) is 9.25. The van der Waals surface area contributed by atoms with Gasteiger partial charge in [-0.3, -0.25) is 4.79 Å². The molecule has 5 heteroatoms. The van der Waals surface area contributed by atoms with Crippen LogP contribution in [0, 0.1) is 17.3 Å². The first-order chi connectivity index (χ1) is 11.7. The number of rotatable bonds is 2. The summed E-state index contributed by atoms with van der Waals surface area (Å²) < 4.78 is 20.1. The summed E-state index contributed by atoms with van der Waals surface area (Å²) in [5, 5.41) is 6.32. The van der Waals surface area contributed by atoms with Crippen molar-refractivity contribution in [3.8, 4) is 0 Å². The van der Waals surface area contributed by atoms with E-state index in [0.29, 0.717) is 18.8 Å². The zero-order valence-electron chi connectivity index (χ0n) is 16.2. The fraction of sp³-hybridized carbons (Fsp3) is 0.900. The van der Waals surface area contributed by atoms with Crippen LogP contribution in [0.5, 0.6) is 0 Å². The highest BCUT2D eigenvalue weighted by atomic mass is 19.1. The van der Waals surface area contributed by atoms with Crippen molar-refractivity contribution in [3.63, 3.8) is 0 Å². The molecule has 0 aromatic heterocycles. The minimum Gasteiger partial charge on any atom is -0.451 e. The van der Waals surface area contributed by atoms with E-state index in [-0.39, 0.29) is 11.8 Å². The van der Waals surface area contributed by atoms with Crippen molar-refractivity contribution in [2.24, 2.45) is 22.4 Å². The minimum absolute atomic E-state index is 0.0109. The molecule has 0 radical (unpaired) electrons. The Morgan fingerprint density at radius 1 is 1.12 bits per heavy atom. The molecule has 0 N–H and O–H groups in total. The number of hydrogen-bond donors (Lipinski definition) is 0. The maximum Gasteiger partial charge on any atom is 0.251 e. The van der Waals surface area contributed by atoms with Crippen molar-refractivity contribution < 1.29 is 13.9 Å². The second kappa shape index (κ2) is 6.88. The summed E-state index contributed by atoms with van der Waals surface area (Å²) in [6, 6.07) is 0. The number of carbonyl (C=O) groups is 1. The molecule has 0 bridgehead atoms. The van der Waals surface area contributed by atoms with Crippen LogP contribution in [0.2, 0.25) is 0 Å². The first-order valence-electron chi connectivity index (χ1n) is 9.98. The van der Waals surface area contributed by atoms with Gasteiger partial charge in [0.05, 0.1) is 0 Å². The standard InChI is InChI=1S/C20H33FN2O2/c1-19(2,3)18(24)23-20(4,15-10-12-16(21)13-11-15)25-17(22-23)14-8-6-5-7-9-14/h14-16H,5-13H2,1-4H3. The fourth-order valence-electron chi connectivity index (χ4n) is 4.40. The summed E-state index contributed by atoms with van der Waals surface area (Å²) >= 11 is 0. The topological polar surface area (TPSA) is 41.9 Å². The molecule has 1 heterocycles. The zero-order valence-corrected chi connectivity index (χ0v) is 16.2. The molecule has 1 unspecified atom stereocenters. The average Bonchev–Trinajstić information content (AvgIpc) is 2.93. The molecule has 3 rings (SSSR count). The van der Waals surface area contributed by atoms with Crippen molar-refractivity contribution in [3.05, 3.63) is 0 Å². The lowest BCUT2D eigenvalue weighted by Gasteiger charge is -2.42. The van der Waals surface area contributed by atoms with Crippen molar-refractivity contribution in [1.82, 2.24) is 5.01 Å². The van der Waals surface area contributed by atoms with E-state index in [1.54, 1.807) is 5.01 Å². The number of carbonyl (C=O) groups excluding carboxylic acids is 1. The lowest BCUT2D eigenvalue weighted by atomic mass is 9.80. The van der Waals surface area contributed by atoms with E-state index in [2.05, 4.69) is 0 Å². The number of amides is 1. The highest BCUT2D eigenvalue weighted by Crippen LogP contribution is 2.44. The normalized spacial score (nSPS) is 34.6. The van der Waals surface area contributed by atoms with Crippen LogP contribution in [0.25, 0.3) is 0 Å². The summed E-state index contributed by atoms with van der Waals surface area (Å²) in [5.41, 5.74) is -1.29. The van der Waals surface area contributed by atoms with Gasteiger partial charge in [-0.15, -0.1) is 5.10 Å². The summed E-state index contributed by atoms with van der Waals surface area (Å²) in [6.07, 6.45) is 7.73. The Morgan fingerprint density at radius 2 is 1.72 bits per heavy atom. The molecule has 3 aliphatic rings. The molecule has 0 aromatic rings. The third-order valence-corrected chi connectivity index (χ3v) is 6.13. The predicted molar refractivity (Wildman–Crippen MR) is 96.7 cm³/mol. The molecule has 0 saturated heterocycles. The van der Waals surface area contributed by atoms with Crippen LogP contribution in [0.15, 0.2) is 5.10 Å². The third-order valence-electron chi connectivity index (χ3n) is 6.13. The van der Waals surface area contributed by atoms with Gasteiger partial charge >= 0.3 is 0 Å². The Hall–Kier alpha value is -1.13. The molecule has 4 nitrogen and oxygen atoms in total. The highest BCUT2D eigenvalue weighted by Gasteiger charge is 2.53. The molecule has 2 aliphatic carbocycles. The van der Waals surface area contributed by atoms with Gasteiger partial charge in [-0.2, -0.15) is 5.01 Å². The number of ether oxygens (including phenoxy) is 1. The van der Waals surface area contributed by atoms with Gasteiger partial charge < -0.3 is 4.74 Å². The number of nitrogens with zero attached hydrogens (tertiary/aromatic N) is 2. The largest absolute Gasteiger partial charge is 0.451 e. The predicted octanol–water partition coefficient (Wildman–Crippen LogP) is 5.03. The van der Waals surface area contributed by atoms with Crippen LogP contribution in [0.1, 0.15) is 85.5 Å². The SMILES string of the molecule is CC(C)(C)C(=O)N1N=C(C2CCCCC2)OC1(C)C1CCC(F)CC1. The molecule has 1 aliphatic heterocycles. The van der Waals surface area contributed by atoms with Gasteiger partial charge in [0.25, 0.3) is 5.91 Å². The molecule has 0 spiro atoms. The number of alkyl halides is 1. The van der Waals surface area contributed by atoms with E-state index in [0.717, 1.165) is 31.6 Å². The van der Waals surface area contributed by atoms with Gasteiger partial charge in [0, 0.05) is 17.3 Å². The van der Waals surface area contributed by atoms with Gasteiger partial charge in [0.15, 0.2) is 0 Å². The average molecular weight is 352 g/mol. The lowest BCUT2D eigenvalue weighted by Crippen LogP contribution is -2.54. The summed E-state index contributed by atoms with van der Waals surface area (Å²) in [4.78, 5) is 13.1. The molecule has 142 valence electrons. The molecule has 25 heavy (non-hydrogen) atoms. The quantitative estimate of drug-likeness (QED) is 0.699. The van der Waals surface area contributed by atoms with E-state index >= 15 is 0 Å². The van der Waals surface area contributed by atoms with Crippen LogP contribution in [0.3, 0.4) is 0 Å². The third kappa shape index (κ3) is 3.70. The Bertz CT molecular complexity index is 528. The summed E-state index contributed by atoms with van der Waals surface area (Å²) in [5.74, 6) is 1.18. The zero-order chi connectivity index (χ0) is 18.2. The second-order valence-corrected chi connectivity index (χ2v) is 9.25. The Morgan fingerprint density at radius 3 is 2.28 bits per heavy atom. The van der Waals surface area contributed by atoms with E-state index in [9.17, 15) is 9.18 Å². The molecule has 2 saturated carbocycles. The van der Waals surface area contributed by atoms with E-state index in [4.69, 9.17) is 9.84 Å². The fourth-order valence-corrected chi connectivity index (χ4v) is 4.40. The van der Waals surface area contributed by atoms with E-state index in [1.165, 1.54) is 19.3 Å². The first kappa shape index (κ1) is 18.7. The van der Waals surface area contributed by atoms with E-state index in [1.807, 2.05) is 27.7 Å². The molecule has 0 aromatic carbocycles. The molecular formula is C20H33FN2O2. The van der Waals surface area contributed by atoms with Crippen molar-refractivity contribution in [1.29, 1.82) is 0 Å². The van der Waals surface area contributed by atoms with Gasteiger partial charge in [-0.25, -0.2) is 4.39 Å². The maximum atomic E-state index is 13.6. The maximum absolute atomic E-state index is 13.6. The Labute approximate surface area is 151 Å². The first-order valence-corrected chi connectivity index (χ1v) is 9.98. The minimum atomic E-state index is -0.767. The smallest absolute Gasteiger partial charge is 0.251 e. The Balaban J connectivity index is 1.86. The van der Waals surface area contributed by atoms with Gasteiger partial charge in [0.2, 0.25) is 11.6 Å². The van der Waals surface area contributed by atoms with Crippen LogP contribution in [-0.2, 0) is 9.53 Å². The van der Waals surface area contributed by atoms with Crippen molar-refractivity contribution in [2.45, 2.75) is 97.4 Å². The van der Waals surface area contributed by atoms with Crippen molar-refractivity contribution in [2.75, 3.05) is 0 Å². The number of hydrazone groups is 1. The number of hydrogen-bond acceptors (Lipinski definition) is 3. The van der Waals surface area contributed by atoms with Crippen LogP contribution >= 0.6 is 0 Å². The lowest BCUT2D eigenvalue weighted by molar-refractivity contribution is -0.167. The van der Waals surface area contributed by atoms with Gasteiger partial charge in [-0.1, -0.05) is 40.0 Å². The highest BCUT2D eigenvalue weighted by molar-refractivity contribution is 5.88. The van der Waals surface area contributed by atoms with Gasteiger partial charge in [-0.05, 0) is 45.4 Å². The molecule has 1 atom stereocenters. The van der Waals surface area contributed by atoms with Crippen LogP contribution in [-0.4, -0.2) is 28.7 Å². The van der Waals surface area contributed by atoms with E-state index < -0.39 is 17.3 Å². The number of halogens is 1.